The van der Waals surface area contributed by atoms with E-state index in [2.05, 4.69) is 10.3 Å². The fourth-order valence-electron chi connectivity index (χ4n) is 1.95. The number of nitrogens with zero attached hydrogens (tertiary/aromatic N) is 1. The van der Waals surface area contributed by atoms with Crippen molar-refractivity contribution in [1.82, 2.24) is 10.3 Å². The summed E-state index contributed by atoms with van der Waals surface area (Å²) in [5.41, 5.74) is 0.823. The summed E-state index contributed by atoms with van der Waals surface area (Å²) >= 11 is 0. The number of benzene rings is 1. The number of ether oxygens (including phenoxy) is 1. The smallest absolute Gasteiger partial charge is 0.256 e. The number of halogens is 1. The Bertz CT molecular complexity index is 631. The van der Waals surface area contributed by atoms with E-state index in [0.717, 1.165) is 11.3 Å². The molecule has 0 radical (unpaired) electrons. The van der Waals surface area contributed by atoms with Crippen molar-refractivity contribution in [2.45, 2.75) is 19.9 Å². The number of hydrogen-bond donors (Lipinski definition) is 1. The van der Waals surface area contributed by atoms with Crippen LogP contribution in [0.3, 0.4) is 0 Å². The summed E-state index contributed by atoms with van der Waals surface area (Å²) in [6.45, 7) is 4.31. The molecule has 0 saturated carbocycles. The van der Waals surface area contributed by atoms with Gasteiger partial charge in [0.15, 0.2) is 0 Å². The number of hydrogen-bond acceptors (Lipinski definition) is 3. The number of rotatable bonds is 5. The van der Waals surface area contributed by atoms with Crippen LogP contribution in [0.4, 0.5) is 4.39 Å². The van der Waals surface area contributed by atoms with Gasteiger partial charge in [0.25, 0.3) is 5.91 Å². The summed E-state index contributed by atoms with van der Waals surface area (Å²) in [7, 11) is 0. The Morgan fingerprint density at radius 1 is 1.38 bits per heavy atom. The van der Waals surface area contributed by atoms with Gasteiger partial charge in [0.05, 0.1) is 18.2 Å². The summed E-state index contributed by atoms with van der Waals surface area (Å²) < 4.78 is 18.9. The lowest BCUT2D eigenvalue weighted by atomic mass is 10.1. The largest absolute Gasteiger partial charge is 0.494 e. The summed E-state index contributed by atoms with van der Waals surface area (Å²) in [5, 5.41) is 2.75. The molecule has 1 aromatic carbocycles. The van der Waals surface area contributed by atoms with Gasteiger partial charge in [-0.05, 0) is 43.7 Å². The normalized spacial score (nSPS) is 11.8. The van der Waals surface area contributed by atoms with Crippen LogP contribution in [-0.2, 0) is 0 Å². The second kappa shape index (κ2) is 6.83. The Morgan fingerprint density at radius 2 is 2.19 bits per heavy atom. The van der Waals surface area contributed by atoms with Crippen molar-refractivity contribution >= 4 is 5.91 Å². The van der Waals surface area contributed by atoms with E-state index in [1.54, 1.807) is 0 Å². The number of carbonyl (C=O) groups is 1. The van der Waals surface area contributed by atoms with Crippen molar-refractivity contribution in [3.63, 3.8) is 0 Å². The zero-order chi connectivity index (χ0) is 15.2. The van der Waals surface area contributed by atoms with E-state index in [9.17, 15) is 9.18 Å². The average Bonchev–Trinajstić information content (AvgIpc) is 2.48. The van der Waals surface area contributed by atoms with Gasteiger partial charge in [-0.15, -0.1) is 0 Å². The average molecular weight is 288 g/mol. The van der Waals surface area contributed by atoms with Gasteiger partial charge in [-0.1, -0.05) is 12.1 Å². The molecule has 2 aromatic rings. The Labute approximate surface area is 123 Å². The second-order valence-electron chi connectivity index (χ2n) is 4.54. The fraction of sp³-hybridized carbons (Fsp3) is 0.250. The minimum absolute atomic E-state index is 0.0645. The topological polar surface area (TPSA) is 51.2 Å². The Kier molecular flexibility index (Phi) is 4.87. The Morgan fingerprint density at radius 3 is 2.90 bits per heavy atom. The van der Waals surface area contributed by atoms with E-state index in [1.807, 2.05) is 38.1 Å². The molecular formula is C16H17FN2O2. The Hall–Kier alpha value is -2.43. The second-order valence-corrected chi connectivity index (χ2v) is 4.54. The van der Waals surface area contributed by atoms with Gasteiger partial charge in [0.1, 0.15) is 5.75 Å². The van der Waals surface area contributed by atoms with Gasteiger partial charge < -0.3 is 10.1 Å². The Balaban J connectivity index is 2.11. The first-order valence-electron chi connectivity index (χ1n) is 6.76. The number of amides is 1. The molecule has 1 aromatic heterocycles. The van der Waals surface area contributed by atoms with Crippen molar-refractivity contribution in [3.05, 3.63) is 59.7 Å². The highest BCUT2D eigenvalue weighted by molar-refractivity contribution is 5.94. The van der Waals surface area contributed by atoms with Crippen molar-refractivity contribution in [1.29, 1.82) is 0 Å². The first-order valence-corrected chi connectivity index (χ1v) is 6.76. The maximum atomic E-state index is 13.5. The molecule has 4 nitrogen and oxygen atoms in total. The summed E-state index contributed by atoms with van der Waals surface area (Å²) in [6.07, 6.45) is 1.31. The highest BCUT2D eigenvalue weighted by Crippen LogP contribution is 2.19. The molecule has 1 heterocycles. The molecule has 0 saturated heterocycles. The van der Waals surface area contributed by atoms with Crippen LogP contribution in [0.2, 0.25) is 0 Å². The van der Waals surface area contributed by atoms with Crippen LogP contribution < -0.4 is 10.1 Å². The number of nitrogens with one attached hydrogen (secondary N) is 1. The molecule has 1 amide bonds. The van der Waals surface area contributed by atoms with Gasteiger partial charge in [0.2, 0.25) is 5.95 Å². The summed E-state index contributed by atoms with van der Waals surface area (Å²) in [6, 6.07) is 10.1. The quantitative estimate of drug-likeness (QED) is 0.860. The first kappa shape index (κ1) is 15.0. The van der Waals surface area contributed by atoms with Gasteiger partial charge in [-0.3, -0.25) is 4.79 Å². The third-order valence-corrected chi connectivity index (χ3v) is 3.02. The van der Waals surface area contributed by atoms with E-state index in [1.165, 1.54) is 18.3 Å². The minimum atomic E-state index is -0.773. The first-order chi connectivity index (χ1) is 10.1. The lowest BCUT2D eigenvalue weighted by Crippen LogP contribution is -2.27. The molecule has 2 rings (SSSR count). The molecule has 0 unspecified atom stereocenters. The number of aromatic nitrogens is 1. The molecule has 1 atom stereocenters. The predicted molar refractivity (Wildman–Crippen MR) is 77.7 cm³/mol. The summed E-state index contributed by atoms with van der Waals surface area (Å²) in [4.78, 5) is 15.5. The van der Waals surface area contributed by atoms with Crippen molar-refractivity contribution in [3.8, 4) is 5.75 Å². The third-order valence-electron chi connectivity index (χ3n) is 3.02. The third kappa shape index (κ3) is 3.78. The van der Waals surface area contributed by atoms with Crippen LogP contribution in [0.15, 0.2) is 42.6 Å². The fourth-order valence-corrected chi connectivity index (χ4v) is 1.95. The maximum Gasteiger partial charge on any atom is 0.256 e. The molecule has 1 N–H and O–H groups in total. The molecule has 0 spiro atoms. The maximum absolute atomic E-state index is 13.5. The van der Waals surface area contributed by atoms with E-state index in [4.69, 9.17) is 4.74 Å². The number of pyridine rings is 1. The van der Waals surface area contributed by atoms with Crippen LogP contribution in [0, 0.1) is 5.95 Å². The molecule has 5 heteroatoms. The molecule has 0 aliphatic rings. The van der Waals surface area contributed by atoms with Crippen LogP contribution in [0.25, 0.3) is 0 Å². The van der Waals surface area contributed by atoms with Crippen LogP contribution in [-0.4, -0.2) is 17.5 Å². The minimum Gasteiger partial charge on any atom is -0.494 e. The van der Waals surface area contributed by atoms with Crippen molar-refractivity contribution in [2.75, 3.05) is 6.61 Å². The molecule has 0 aliphatic carbocycles. The van der Waals surface area contributed by atoms with E-state index in [0.29, 0.717) is 6.61 Å². The highest BCUT2D eigenvalue weighted by Gasteiger charge is 2.15. The standard InChI is InChI=1S/C16H17FN2O2/c1-3-21-13-7-4-6-12(10-13)11(2)19-16(20)14-8-5-9-18-15(14)17/h4-11H,3H2,1-2H3,(H,19,20)/t11-/m0/s1. The van der Waals surface area contributed by atoms with Crippen molar-refractivity contribution < 1.29 is 13.9 Å². The van der Waals surface area contributed by atoms with Crippen LogP contribution in [0.5, 0.6) is 5.75 Å². The molecule has 0 bridgehead atoms. The van der Waals surface area contributed by atoms with Crippen LogP contribution in [0.1, 0.15) is 35.8 Å². The monoisotopic (exact) mass is 288 g/mol. The van der Waals surface area contributed by atoms with Gasteiger partial charge >= 0.3 is 0 Å². The van der Waals surface area contributed by atoms with Crippen LogP contribution >= 0.6 is 0 Å². The predicted octanol–water partition coefficient (Wildman–Crippen LogP) is 3.11. The molecule has 0 aliphatic heterocycles. The molecular weight excluding hydrogens is 271 g/mol. The zero-order valence-electron chi connectivity index (χ0n) is 12.0. The SMILES string of the molecule is CCOc1cccc([C@H](C)NC(=O)c2cccnc2F)c1. The van der Waals surface area contributed by atoms with Gasteiger partial charge in [-0.2, -0.15) is 4.39 Å². The van der Waals surface area contributed by atoms with Gasteiger partial charge in [0, 0.05) is 6.20 Å². The zero-order valence-corrected chi connectivity index (χ0v) is 12.0. The number of carbonyl (C=O) groups excluding carboxylic acids is 1. The lowest BCUT2D eigenvalue weighted by Gasteiger charge is -2.15. The van der Waals surface area contributed by atoms with E-state index >= 15 is 0 Å². The highest BCUT2D eigenvalue weighted by atomic mass is 19.1. The molecule has 0 fully saturated rings. The van der Waals surface area contributed by atoms with Crippen molar-refractivity contribution in [2.24, 2.45) is 0 Å². The molecule has 110 valence electrons. The molecule has 21 heavy (non-hydrogen) atoms. The van der Waals surface area contributed by atoms with E-state index < -0.39 is 11.9 Å². The lowest BCUT2D eigenvalue weighted by molar-refractivity contribution is 0.0935. The summed E-state index contributed by atoms with van der Waals surface area (Å²) in [5.74, 6) is -0.524. The van der Waals surface area contributed by atoms with Gasteiger partial charge in [-0.25, -0.2) is 4.98 Å². The van der Waals surface area contributed by atoms with E-state index in [-0.39, 0.29) is 11.6 Å².